The van der Waals surface area contributed by atoms with Crippen LogP contribution in [0.15, 0.2) is 0 Å². The van der Waals surface area contributed by atoms with Crippen LogP contribution in [0.5, 0.6) is 0 Å². The Bertz CT molecular complexity index is 191. The van der Waals surface area contributed by atoms with Gasteiger partial charge in [-0.1, -0.05) is 40.5 Å². The molecule has 0 heterocycles. The third-order valence-corrected chi connectivity index (χ3v) is 3.76. The van der Waals surface area contributed by atoms with Crippen LogP contribution in [-0.4, -0.2) is 17.0 Å². The quantitative estimate of drug-likeness (QED) is 0.727. The highest BCUT2D eigenvalue weighted by Crippen LogP contribution is 2.41. The van der Waals surface area contributed by atoms with Gasteiger partial charge in [0.15, 0.2) is 6.29 Å². The van der Waals surface area contributed by atoms with Crippen molar-refractivity contribution in [1.29, 1.82) is 0 Å². The van der Waals surface area contributed by atoms with Crippen LogP contribution >= 0.6 is 0 Å². The van der Waals surface area contributed by atoms with Gasteiger partial charge in [-0.15, -0.1) is 0 Å². The minimum absolute atomic E-state index is 0.0763. The third kappa shape index (κ3) is 3.18. The fourth-order valence-electron chi connectivity index (χ4n) is 2.67. The molecule has 2 heteroatoms. The van der Waals surface area contributed by atoms with E-state index in [0.29, 0.717) is 12.3 Å². The number of ether oxygens (including phenoxy) is 1. The van der Waals surface area contributed by atoms with Crippen molar-refractivity contribution >= 4 is 0 Å². The van der Waals surface area contributed by atoms with Crippen molar-refractivity contribution in [3.05, 3.63) is 0 Å². The largest absolute Gasteiger partial charge is 0.368 e. The Morgan fingerprint density at radius 3 is 2.60 bits per heavy atom. The van der Waals surface area contributed by atoms with Gasteiger partial charge >= 0.3 is 0 Å². The van der Waals surface area contributed by atoms with E-state index in [9.17, 15) is 5.11 Å². The lowest BCUT2D eigenvalue weighted by Crippen LogP contribution is -2.45. The van der Waals surface area contributed by atoms with Crippen LogP contribution in [0.1, 0.15) is 59.8 Å². The second-order valence-corrected chi connectivity index (χ2v) is 5.40. The first-order valence-corrected chi connectivity index (χ1v) is 6.36. The molecule has 0 aromatic rings. The van der Waals surface area contributed by atoms with Gasteiger partial charge in [-0.25, -0.2) is 0 Å². The lowest BCUT2D eigenvalue weighted by atomic mass is 9.73. The minimum Gasteiger partial charge on any atom is -0.368 e. The average molecular weight is 214 g/mol. The highest BCUT2D eigenvalue weighted by atomic mass is 16.6. The molecule has 15 heavy (non-hydrogen) atoms. The maximum Gasteiger partial charge on any atom is 0.155 e. The molecule has 3 unspecified atom stereocenters. The Kier molecular flexibility index (Phi) is 4.60. The maximum atomic E-state index is 9.69. The molecule has 1 aliphatic carbocycles. The molecule has 1 rings (SSSR count). The molecule has 90 valence electrons. The molecule has 0 aromatic carbocycles. The van der Waals surface area contributed by atoms with Crippen molar-refractivity contribution in [2.45, 2.75) is 71.7 Å². The summed E-state index contributed by atoms with van der Waals surface area (Å²) in [5.74, 6) is 1.21. The Morgan fingerprint density at radius 2 is 2.13 bits per heavy atom. The van der Waals surface area contributed by atoms with E-state index in [-0.39, 0.29) is 5.60 Å². The van der Waals surface area contributed by atoms with E-state index in [0.717, 1.165) is 18.8 Å². The standard InChI is InChI=1S/C13H26O2/c1-5-12(14)15-13(10(2)3)8-6-7-11(4)9-13/h10-12,14H,5-9H2,1-4H3. The summed E-state index contributed by atoms with van der Waals surface area (Å²) >= 11 is 0. The van der Waals surface area contributed by atoms with E-state index in [2.05, 4.69) is 20.8 Å². The molecular weight excluding hydrogens is 188 g/mol. The summed E-state index contributed by atoms with van der Waals surface area (Å²) in [5, 5.41) is 9.69. The lowest BCUT2D eigenvalue weighted by Gasteiger charge is -2.44. The zero-order valence-corrected chi connectivity index (χ0v) is 10.6. The van der Waals surface area contributed by atoms with Gasteiger partial charge < -0.3 is 9.84 Å². The van der Waals surface area contributed by atoms with Gasteiger partial charge in [0.25, 0.3) is 0 Å². The Hall–Kier alpha value is -0.0800. The van der Waals surface area contributed by atoms with E-state index < -0.39 is 6.29 Å². The second kappa shape index (κ2) is 5.31. The van der Waals surface area contributed by atoms with Crippen molar-refractivity contribution in [1.82, 2.24) is 0 Å². The SMILES string of the molecule is CCC(O)OC1(C(C)C)CCCC(C)C1. The van der Waals surface area contributed by atoms with Crippen LogP contribution in [0.25, 0.3) is 0 Å². The zero-order valence-electron chi connectivity index (χ0n) is 10.6. The Morgan fingerprint density at radius 1 is 1.47 bits per heavy atom. The van der Waals surface area contributed by atoms with Crippen molar-refractivity contribution in [2.24, 2.45) is 11.8 Å². The molecule has 0 radical (unpaired) electrons. The highest BCUT2D eigenvalue weighted by molar-refractivity contribution is 4.89. The molecule has 1 N–H and O–H groups in total. The summed E-state index contributed by atoms with van der Waals surface area (Å²) in [6.07, 6.45) is 4.84. The van der Waals surface area contributed by atoms with Crippen molar-refractivity contribution in [3.63, 3.8) is 0 Å². The number of aliphatic hydroxyl groups is 1. The second-order valence-electron chi connectivity index (χ2n) is 5.40. The monoisotopic (exact) mass is 214 g/mol. The molecule has 1 fully saturated rings. The van der Waals surface area contributed by atoms with Crippen molar-refractivity contribution < 1.29 is 9.84 Å². The van der Waals surface area contributed by atoms with Crippen LogP contribution < -0.4 is 0 Å². The van der Waals surface area contributed by atoms with Crippen LogP contribution in [0.3, 0.4) is 0 Å². The van der Waals surface area contributed by atoms with Gasteiger partial charge in [0.2, 0.25) is 0 Å². The van der Waals surface area contributed by atoms with Gasteiger partial charge in [0, 0.05) is 0 Å². The molecule has 0 aliphatic heterocycles. The predicted molar refractivity (Wildman–Crippen MR) is 62.6 cm³/mol. The summed E-state index contributed by atoms with van der Waals surface area (Å²) in [5.41, 5.74) is -0.0763. The highest BCUT2D eigenvalue weighted by Gasteiger charge is 2.40. The Balaban J connectivity index is 2.69. The molecule has 1 aliphatic rings. The first-order chi connectivity index (χ1) is 7.00. The third-order valence-electron chi connectivity index (χ3n) is 3.76. The number of aliphatic hydroxyl groups excluding tert-OH is 1. The van der Waals surface area contributed by atoms with Crippen molar-refractivity contribution in [2.75, 3.05) is 0 Å². The molecular formula is C13H26O2. The van der Waals surface area contributed by atoms with Gasteiger partial charge in [0.05, 0.1) is 5.60 Å². The topological polar surface area (TPSA) is 29.5 Å². The van der Waals surface area contributed by atoms with Crippen LogP contribution in [0.2, 0.25) is 0 Å². The smallest absolute Gasteiger partial charge is 0.155 e. The Labute approximate surface area is 94.0 Å². The van der Waals surface area contributed by atoms with Gasteiger partial charge in [-0.3, -0.25) is 0 Å². The van der Waals surface area contributed by atoms with E-state index in [1.807, 2.05) is 6.92 Å². The molecule has 3 atom stereocenters. The predicted octanol–water partition coefficient (Wildman–Crippen LogP) is 3.34. The summed E-state index contributed by atoms with van der Waals surface area (Å²) in [6.45, 7) is 8.67. The molecule has 0 saturated heterocycles. The molecule has 1 saturated carbocycles. The van der Waals surface area contributed by atoms with E-state index in [4.69, 9.17) is 4.74 Å². The van der Waals surface area contributed by atoms with Gasteiger partial charge in [0.1, 0.15) is 0 Å². The van der Waals surface area contributed by atoms with Gasteiger partial charge in [-0.2, -0.15) is 0 Å². The molecule has 0 amide bonds. The zero-order chi connectivity index (χ0) is 11.5. The van der Waals surface area contributed by atoms with Crippen molar-refractivity contribution in [3.8, 4) is 0 Å². The van der Waals surface area contributed by atoms with E-state index in [1.165, 1.54) is 12.8 Å². The first-order valence-electron chi connectivity index (χ1n) is 6.36. The normalized spacial score (nSPS) is 34.4. The fourth-order valence-corrected chi connectivity index (χ4v) is 2.67. The fraction of sp³-hybridized carbons (Fsp3) is 1.00. The van der Waals surface area contributed by atoms with Crippen LogP contribution in [0, 0.1) is 11.8 Å². The molecule has 0 aromatic heterocycles. The summed E-state index contributed by atoms with van der Waals surface area (Å²) < 4.78 is 5.92. The maximum absolute atomic E-state index is 9.69. The van der Waals surface area contributed by atoms with E-state index in [1.54, 1.807) is 0 Å². The minimum atomic E-state index is -0.585. The molecule has 0 bridgehead atoms. The van der Waals surface area contributed by atoms with Crippen LogP contribution in [0.4, 0.5) is 0 Å². The first kappa shape index (κ1) is 13.0. The number of rotatable bonds is 4. The lowest BCUT2D eigenvalue weighted by molar-refractivity contribution is -0.218. The summed E-state index contributed by atoms with van der Waals surface area (Å²) in [6, 6.07) is 0. The van der Waals surface area contributed by atoms with Gasteiger partial charge in [-0.05, 0) is 31.1 Å². The number of hydrogen-bond acceptors (Lipinski definition) is 2. The molecule has 2 nitrogen and oxygen atoms in total. The summed E-state index contributed by atoms with van der Waals surface area (Å²) in [4.78, 5) is 0. The van der Waals surface area contributed by atoms with E-state index >= 15 is 0 Å². The average Bonchev–Trinajstić information content (AvgIpc) is 2.17. The molecule has 0 spiro atoms. The number of hydrogen-bond donors (Lipinski definition) is 1. The van der Waals surface area contributed by atoms with Crippen LogP contribution in [-0.2, 0) is 4.74 Å². The summed E-state index contributed by atoms with van der Waals surface area (Å²) in [7, 11) is 0.